The first kappa shape index (κ1) is 10.3. The monoisotopic (exact) mass is 224 g/mol. The second-order valence-electron chi connectivity index (χ2n) is 5.27. The Hall–Kier alpha value is -0.870. The molecule has 16 heavy (non-hydrogen) atoms. The lowest BCUT2D eigenvalue weighted by molar-refractivity contribution is -0.140. The van der Waals surface area contributed by atoms with E-state index in [-0.39, 0.29) is 18.0 Å². The summed E-state index contributed by atoms with van der Waals surface area (Å²) in [5.41, 5.74) is -1.09. The molecule has 0 aromatic carbocycles. The first-order chi connectivity index (χ1) is 7.49. The SMILES string of the molecule is CO[C@]1(C)C=C2C(=O)O[C@@H]3CCC(C1)[C@]23O. The van der Waals surface area contributed by atoms with Crippen molar-refractivity contribution in [1.82, 2.24) is 0 Å². The fourth-order valence-electron chi connectivity index (χ4n) is 3.38. The normalized spacial score (nSPS) is 49.9. The summed E-state index contributed by atoms with van der Waals surface area (Å²) in [6, 6.07) is 0. The first-order valence-electron chi connectivity index (χ1n) is 5.71. The molecule has 4 heteroatoms. The summed E-state index contributed by atoms with van der Waals surface area (Å²) in [4.78, 5) is 11.7. The number of carbonyl (C=O) groups excluding carboxylic acids is 1. The van der Waals surface area contributed by atoms with Gasteiger partial charge in [0.2, 0.25) is 0 Å². The van der Waals surface area contributed by atoms with Crippen LogP contribution in [0.1, 0.15) is 26.2 Å². The van der Waals surface area contributed by atoms with Gasteiger partial charge in [-0.05, 0) is 38.2 Å². The van der Waals surface area contributed by atoms with Gasteiger partial charge in [-0.25, -0.2) is 4.79 Å². The Morgan fingerprint density at radius 3 is 3.00 bits per heavy atom. The van der Waals surface area contributed by atoms with Crippen molar-refractivity contribution in [3.8, 4) is 0 Å². The molecule has 0 spiro atoms. The van der Waals surface area contributed by atoms with Gasteiger partial charge in [0.25, 0.3) is 0 Å². The maximum absolute atomic E-state index is 11.7. The molecule has 3 rings (SSSR count). The fraction of sp³-hybridized carbons (Fsp3) is 0.750. The van der Waals surface area contributed by atoms with Crippen LogP contribution < -0.4 is 0 Å². The zero-order valence-electron chi connectivity index (χ0n) is 9.53. The third-order valence-electron chi connectivity index (χ3n) is 4.36. The van der Waals surface area contributed by atoms with Crippen LogP contribution in [0.2, 0.25) is 0 Å². The lowest BCUT2D eigenvalue weighted by Gasteiger charge is -2.39. The van der Waals surface area contributed by atoms with E-state index in [0.717, 1.165) is 19.3 Å². The molecule has 1 N–H and O–H groups in total. The van der Waals surface area contributed by atoms with E-state index in [1.807, 2.05) is 6.92 Å². The second-order valence-corrected chi connectivity index (χ2v) is 5.27. The number of esters is 1. The maximum atomic E-state index is 11.7. The zero-order chi connectivity index (χ0) is 11.6. The van der Waals surface area contributed by atoms with Gasteiger partial charge in [-0.3, -0.25) is 0 Å². The molecule has 1 aliphatic heterocycles. The lowest BCUT2D eigenvalue weighted by Crippen LogP contribution is -2.48. The zero-order valence-corrected chi connectivity index (χ0v) is 9.53. The summed E-state index contributed by atoms with van der Waals surface area (Å²) >= 11 is 0. The van der Waals surface area contributed by atoms with Crippen molar-refractivity contribution in [2.24, 2.45) is 5.92 Å². The molecule has 0 bridgehead atoms. The van der Waals surface area contributed by atoms with E-state index >= 15 is 0 Å². The number of hydrogen-bond donors (Lipinski definition) is 1. The first-order valence-corrected chi connectivity index (χ1v) is 5.71. The number of aliphatic hydroxyl groups is 1. The Balaban J connectivity index is 2.13. The van der Waals surface area contributed by atoms with Gasteiger partial charge in [0, 0.05) is 7.11 Å². The van der Waals surface area contributed by atoms with Gasteiger partial charge in [0.15, 0.2) is 0 Å². The minimum absolute atomic E-state index is 0.0777. The van der Waals surface area contributed by atoms with Crippen LogP contribution in [-0.4, -0.2) is 35.5 Å². The van der Waals surface area contributed by atoms with Crippen LogP contribution in [0.3, 0.4) is 0 Å². The predicted molar refractivity (Wildman–Crippen MR) is 55.7 cm³/mol. The van der Waals surface area contributed by atoms with Gasteiger partial charge < -0.3 is 14.6 Å². The molecule has 3 aliphatic rings. The third kappa shape index (κ3) is 1.04. The minimum Gasteiger partial charge on any atom is -0.455 e. The molecule has 2 fully saturated rings. The molecule has 1 heterocycles. The van der Waals surface area contributed by atoms with Crippen molar-refractivity contribution in [1.29, 1.82) is 0 Å². The molecule has 4 atom stereocenters. The molecule has 1 unspecified atom stereocenters. The van der Waals surface area contributed by atoms with Crippen LogP contribution in [-0.2, 0) is 14.3 Å². The molecule has 1 saturated carbocycles. The number of hydrogen-bond acceptors (Lipinski definition) is 4. The Labute approximate surface area is 94.2 Å². The van der Waals surface area contributed by atoms with Crippen LogP contribution in [0.5, 0.6) is 0 Å². The van der Waals surface area contributed by atoms with Gasteiger partial charge in [0.05, 0.1) is 11.2 Å². The van der Waals surface area contributed by atoms with Crippen LogP contribution in [0.15, 0.2) is 11.6 Å². The van der Waals surface area contributed by atoms with Crippen molar-refractivity contribution in [2.45, 2.75) is 43.5 Å². The van der Waals surface area contributed by atoms with E-state index in [4.69, 9.17) is 9.47 Å². The van der Waals surface area contributed by atoms with E-state index in [9.17, 15) is 9.90 Å². The fourth-order valence-corrected chi connectivity index (χ4v) is 3.38. The van der Waals surface area contributed by atoms with Crippen molar-refractivity contribution in [2.75, 3.05) is 7.11 Å². The highest BCUT2D eigenvalue weighted by molar-refractivity contribution is 5.94. The van der Waals surface area contributed by atoms with Crippen LogP contribution in [0, 0.1) is 5.92 Å². The number of methoxy groups -OCH3 is 1. The highest BCUT2D eigenvalue weighted by atomic mass is 16.6. The molecule has 1 saturated heterocycles. The summed E-state index contributed by atoms with van der Waals surface area (Å²) in [5, 5.41) is 10.6. The molecular formula is C12H16O4. The highest BCUT2D eigenvalue weighted by Gasteiger charge is 2.63. The van der Waals surface area contributed by atoms with Gasteiger partial charge in [-0.2, -0.15) is 0 Å². The summed E-state index contributed by atoms with van der Waals surface area (Å²) in [6.45, 7) is 1.94. The Bertz CT molecular complexity index is 388. The van der Waals surface area contributed by atoms with Crippen LogP contribution in [0.4, 0.5) is 0 Å². The van der Waals surface area contributed by atoms with Crippen molar-refractivity contribution >= 4 is 5.97 Å². The molecule has 0 aromatic heterocycles. The highest BCUT2D eigenvalue weighted by Crippen LogP contribution is 2.54. The van der Waals surface area contributed by atoms with Gasteiger partial charge in [-0.1, -0.05) is 0 Å². The Morgan fingerprint density at radius 1 is 1.56 bits per heavy atom. The van der Waals surface area contributed by atoms with E-state index < -0.39 is 11.2 Å². The Morgan fingerprint density at radius 2 is 2.31 bits per heavy atom. The standard InChI is InChI=1S/C12H16O4/c1-11(15-2)5-7-3-4-9-12(7,14)8(6-11)10(13)16-9/h6-7,9,14H,3-5H2,1-2H3/t7?,9-,11+,12+/m1/s1. The molecule has 4 nitrogen and oxygen atoms in total. The molecular weight excluding hydrogens is 208 g/mol. The number of rotatable bonds is 1. The number of ether oxygens (including phenoxy) is 2. The molecule has 2 aliphatic carbocycles. The van der Waals surface area contributed by atoms with Crippen LogP contribution >= 0.6 is 0 Å². The van der Waals surface area contributed by atoms with E-state index in [1.54, 1.807) is 13.2 Å². The average Bonchev–Trinajstić information content (AvgIpc) is 2.68. The summed E-state index contributed by atoms with van der Waals surface area (Å²) < 4.78 is 10.7. The average molecular weight is 224 g/mol. The van der Waals surface area contributed by atoms with Crippen molar-refractivity contribution < 1.29 is 19.4 Å². The summed E-state index contributed by atoms with van der Waals surface area (Å²) in [5.74, 6) is -0.297. The summed E-state index contributed by atoms with van der Waals surface area (Å²) in [6.07, 6.45) is 3.81. The quantitative estimate of drug-likeness (QED) is 0.669. The topological polar surface area (TPSA) is 55.8 Å². The Kier molecular flexibility index (Phi) is 1.85. The van der Waals surface area contributed by atoms with Gasteiger partial charge in [0.1, 0.15) is 11.7 Å². The lowest BCUT2D eigenvalue weighted by atomic mass is 9.71. The number of carbonyl (C=O) groups is 1. The molecule has 0 aromatic rings. The predicted octanol–water partition coefficient (Wildman–Crippen LogP) is 0.788. The second kappa shape index (κ2) is 2.87. The molecule has 0 radical (unpaired) electrons. The van der Waals surface area contributed by atoms with Gasteiger partial charge >= 0.3 is 5.97 Å². The summed E-state index contributed by atoms with van der Waals surface area (Å²) in [7, 11) is 1.63. The largest absolute Gasteiger partial charge is 0.455 e. The molecule has 88 valence electrons. The van der Waals surface area contributed by atoms with E-state index in [2.05, 4.69) is 0 Å². The van der Waals surface area contributed by atoms with Crippen LogP contribution in [0.25, 0.3) is 0 Å². The molecule has 0 amide bonds. The third-order valence-corrected chi connectivity index (χ3v) is 4.36. The maximum Gasteiger partial charge on any atom is 0.337 e. The smallest absolute Gasteiger partial charge is 0.337 e. The van der Waals surface area contributed by atoms with Gasteiger partial charge in [-0.15, -0.1) is 0 Å². The van der Waals surface area contributed by atoms with Crippen molar-refractivity contribution in [3.63, 3.8) is 0 Å². The van der Waals surface area contributed by atoms with E-state index in [1.165, 1.54) is 0 Å². The van der Waals surface area contributed by atoms with E-state index in [0.29, 0.717) is 5.57 Å². The minimum atomic E-state index is -1.05. The van der Waals surface area contributed by atoms with Crippen molar-refractivity contribution in [3.05, 3.63) is 11.6 Å².